The van der Waals surface area contributed by atoms with Gasteiger partial charge in [-0.25, -0.2) is 0 Å². The van der Waals surface area contributed by atoms with E-state index in [-0.39, 0.29) is 0 Å². The highest BCUT2D eigenvalue weighted by atomic mass is 16.5. The van der Waals surface area contributed by atoms with E-state index in [1.165, 1.54) is 5.69 Å². The number of nitrogens with one attached hydrogen (secondary N) is 1. The molecule has 0 amide bonds. The second kappa shape index (κ2) is 6.38. The summed E-state index contributed by atoms with van der Waals surface area (Å²) in [5, 5.41) is 7.56. The van der Waals surface area contributed by atoms with E-state index >= 15 is 0 Å². The van der Waals surface area contributed by atoms with Crippen molar-refractivity contribution in [1.82, 2.24) is 15.1 Å². The third-order valence-corrected chi connectivity index (χ3v) is 3.30. The van der Waals surface area contributed by atoms with E-state index in [9.17, 15) is 0 Å². The average molecular weight is 259 g/mol. The molecule has 1 aromatic heterocycles. The van der Waals surface area contributed by atoms with Crippen molar-refractivity contribution in [2.24, 2.45) is 7.05 Å². The van der Waals surface area contributed by atoms with Crippen LogP contribution in [-0.4, -0.2) is 30.5 Å². The second-order valence-corrected chi connectivity index (χ2v) is 4.54. The van der Waals surface area contributed by atoms with Crippen LogP contribution in [0, 0.1) is 0 Å². The maximum absolute atomic E-state index is 5.44. The number of ether oxygens (including phenoxy) is 1. The fourth-order valence-electron chi connectivity index (χ4n) is 2.28. The van der Waals surface area contributed by atoms with Crippen LogP contribution in [0.2, 0.25) is 0 Å². The number of aromatic nitrogens is 2. The smallest absolute Gasteiger partial charge is 0.126 e. The summed E-state index contributed by atoms with van der Waals surface area (Å²) in [4.78, 5) is 0. The van der Waals surface area contributed by atoms with Crippen LogP contribution in [-0.2, 0) is 13.5 Å². The zero-order valence-electron chi connectivity index (χ0n) is 11.8. The van der Waals surface area contributed by atoms with E-state index < -0.39 is 0 Å². The molecule has 102 valence electrons. The average Bonchev–Trinajstić information content (AvgIpc) is 2.80. The number of rotatable bonds is 6. The van der Waals surface area contributed by atoms with Gasteiger partial charge in [0.2, 0.25) is 0 Å². The van der Waals surface area contributed by atoms with Gasteiger partial charge in [-0.3, -0.25) is 4.68 Å². The Labute approximate surface area is 114 Å². The Morgan fingerprint density at radius 2 is 2.05 bits per heavy atom. The number of methoxy groups -OCH3 is 1. The molecule has 4 nitrogen and oxygen atoms in total. The first kappa shape index (κ1) is 13.6. The molecule has 1 N–H and O–H groups in total. The second-order valence-electron chi connectivity index (χ2n) is 4.54. The normalized spacial score (nSPS) is 10.7. The van der Waals surface area contributed by atoms with Crippen molar-refractivity contribution >= 4 is 0 Å². The van der Waals surface area contributed by atoms with E-state index in [1.807, 2.05) is 43.2 Å². The topological polar surface area (TPSA) is 39.1 Å². The molecule has 0 aliphatic rings. The molecule has 0 atom stereocenters. The minimum absolute atomic E-state index is 0.894. The lowest BCUT2D eigenvalue weighted by atomic mass is 10.0. The van der Waals surface area contributed by atoms with Gasteiger partial charge in [-0.15, -0.1) is 0 Å². The summed E-state index contributed by atoms with van der Waals surface area (Å²) < 4.78 is 7.40. The van der Waals surface area contributed by atoms with Crippen molar-refractivity contribution in [3.05, 3.63) is 36.2 Å². The van der Waals surface area contributed by atoms with Crippen LogP contribution >= 0.6 is 0 Å². The first-order chi connectivity index (χ1) is 9.27. The molecule has 19 heavy (non-hydrogen) atoms. The Bertz CT molecular complexity index is 534. The zero-order valence-corrected chi connectivity index (χ0v) is 11.8. The lowest BCUT2D eigenvalue weighted by Gasteiger charge is -2.10. The minimum atomic E-state index is 0.894. The summed E-state index contributed by atoms with van der Waals surface area (Å²) in [6.07, 6.45) is 4.02. The molecule has 0 saturated carbocycles. The highest BCUT2D eigenvalue weighted by Gasteiger charge is 2.13. The first-order valence-corrected chi connectivity index (χ1v) is 6.56. The highest BCUT2D eigenvalue weighted by Crippen LogP contribution is 2.32. The number of aryl methyl sites for hydroxylation is 1. The van der Waals surface area contributed by atoms with Gasteiger partial charge < -0.3 is 10.1 Å². The van der Waals surface area contributed by atoms with Crippen molar-refractivity contribution in [3.63, 3.8) is 0 Å². The Balaban J connectivity index is 2.34. The quantitative estimate of drug-likeness (QED) is 0.809. The predicted molar refractivity (Wildman–Crippen MR) is 77.4 cm³/mol. The largest absolute Gasteiger partial charge is 0.496 e. The van der Waals surface area contributed by atoms with E-state index in [4.69, 9.17) is 4.74 Å². The van der Waals surface area contributed by atoms with Crippen LogP contribution in [0.25, 0.3) is 11.1 Å². The molecule has 0 spiro atoms. The summed E-state index contributed by atoms with van der Waals surface area (Å²) in [5.41, 5.74) is 3.52. The molecule has 0 radical (unpaired) electrons. The Morgan fingerprint density at radius 1 is 1.26 bits per heavy atom. The van der Waals surface area contributed by atoms with Crippen LogP contribution < -0.4 is 10.1 Å². The van der Waals surface area contributed by atoms with Crippen molar-refractivity contribution < 1.29 is 4.74 Å². The van der Waals surface area contributed by atoms with Gasteiger partial charge in [0.25, 0.3) is 0 Å². The van der Waals surface area contributed by atoms with Crippen LogP contribution in [0.5, 0.6) is 5.75 Å². The zero-order chi connectivity index (χ0) is 13.7. The Kier molecular flexibility index (Phi) is 4.58. The molecular formula is C15H21N3O. The molecule has 1 heterocycles. The summed E-state index contributed by atoms with van der Waals surface area (Å²) in [7, 11) is 5.67. The van der Waals surface area contributed by atoms with E-state index in [2.05, 4.69) is 16.5 Å². The number of nitrogens with zero attached hydrogens (tertiary/aromatic N) is 2. The van der Waals surface area contributed by atoms with E-state index in [0.29, 0.717) is 0 Å². The van der Waals surface area contributed by atoms with Gasteiger partial charge in [-0.05, 0) is 32.5 Å². The van der Waals surface area contributed by atoms with Crippen molar-refractivity contribution in [2.45, 2.75) is 12.8 Å². The number of hydrogen-bond acceptors (Lipinski definition) is 3. The van der Waals surface area contributed by atoms with Crippen molar-refractivity contribution in [2.75, 3.05) is 20.7 Å². The molecule has 0 unspecified atom stereocenters. The predicted octanol–water partition coefficient (Wildman–Crippen LogP) is 2.25. The van der Waals surface area contributed by atoms with E-state index in [1.54, 1.807) is 7.11 Å². The number of benzene rings is 1. The number of para-hydroxylation sites is 1. The van der Waals surface area contributed by atoms with Crippen LogP contribution in [0.1, 0.15) is 12.1 Å². The summed E-state index contributed by atoms with van der Waals surface area (Å²) in [6.45, 7) is 1.01. The number of hydrogen-bond donors (Lipinski definition) is 1. The van der Waals surface area contributed by atoms with Gasteiger partial charge in [-0.1, -0.05) is 18.2 Å². The Hall–Kier alpha value is -1.81. The molecule has 0 aliphatic heterocycles. The molecule has 0 bridgehead atoms. The molecule has 2 rings (SSSR count). The molecule has 4 heteroatoms. The molecule has 2 aromatic rings. The molecule has 0 fully saturated rings. The molecule has 0 aliphatic carbocycles. The third kappa shape index (κ3) is 2.96. The maximum Gasteiger partial charge on any atom is 0.126 e. The molecule has 1 aromatic carbocycles. The van der Waals surface area contributed by atoms with Crippen molar-refractivity contribution in [3.8, 4) is 16.9 Å². The standard InChI is InChI=1S/C15H21N3O/c1-16-10-6-8-14-13(11-17-18(14)2)12-7-4-5-9-15(12)19-3/h4-5,7,9,11,16H,6,8,10H2,1-3H3. The lowest BCUT2D eigenvalue weighted by Crippen LogP contribution is -2.10. The Morgan fingerprint density at radius 3 is 2.79 bits per heavy atom. The highest BCUT2D eigenvalue weighted by molar-refractivity contribution is 5.72. The van der Waals surface area contributed by atoms with Gasteiger partial charge in [0.05, 0.1) is 13.3 Å². The summed E-state index contributed by atoms with van der Waals surface area (Å²) in [6, 6.07) is 8.08. The van der Waals surface area contributed by atoms with Gasteiger partial charge in [-0.2, -0.15) is 5.10 Å². The SMILES string of the molecule is CNCCCc1c(-c2ccccc2OC)cnn1C. The van der Waals surface area contributed by atoms with Crippen molar-refractivity contribution in [1.29, 1.82) is 0 Å². The molecule has 0 saturated heterocycles. The van der Waals surface area contributed by atoms with Crippen LogP contribution in [0.15, 0.2) is 30.5 Å². The minimum Gasteiger partial charge on any atom is -0.496 e. The third-order valence-electron chi connectivity index (χ3n) is 3.30. The maximum atomic E-state index is 5.44. The van der Waals surface area contributed by atoms with E-state index in [0.717, 1.165) is 36.3 Å². The lowest BCUT2D eigenvalue weighted by molar-refractivity contribution is 0.416. The molecular weight excluding hydrogens is 238 g/mol. The first-order valence-electron chi connectivity index (χ1n) is 6.56. The van der Waals surface area contributed by atoms with Gasteiger partial charge in [0.1, 0.15) is 5.75 Å². The summed E-state index contributed by atoms with van der Waals surface area (Å²) >= 11 is 0. The van der Waals surface area contributed by atoms with Gasteiger partial charge in [0, 0.05) is 23.9 Å². The summed E-state index contributed by atoms with van der Waals surface area (Å²) in [5.74, 6) is 0.894. The van der Waals surface area contributed by atoms with Crippen LogP contribution in [0.3, 0.4) is 0 Å². The van der Waals surface area contributed by atoms with Gasteiger partial charge in [0.15, 0.2) is 0 Å². The fourth-order valence-corrected chi connectivity index (χ4v) is 2.28. The van der Waals surface area contributed by atoms with Gasteiger partial charge >= 0.3 is 0 Å². The fraction of sp³-hybridized carbons (Fsp3) is 0.400. The van der Waals surface area contributed by atoms with Crippen LogP contribution in [0.4, 0.5) is 0 Å². The monoisotopic (exact) mass is 259 g/mol.